The lowest BCUT2D eigenvalue weighted by Crippen LogP contribution is -2.15. The van der Waals surface area contributed by atoms with Crippen LogP contribution in [-0.2, 0) is 0 Å². The highest BCUT2D eigenvalue weighted by Crippen LogP contribution is 2.49. The summed E-state index contributed by atoms with van der Waals surface area (Å²) in [6.07, 6.45) is 5.17. The fourth-order valence-corrected chi connectivity index (χ4v) is 2.51. The Hall–Kier alpha value is -1.71. The summed E-state index contributed by atoms with van der Waals surface area (Å²) in [4.78, 5) is 4.41. The Kier molecular flexibility index (Phi) is 2.65. The third-order valence-electron chi connectivity index (χ3n) is 3.76. The molecular weight excluding hydrogens is 226 g/mol. The molecule has 0 spiro atoms. The zero-order chi connectivity index (χ0) is 12.6. The van der Waals surface area contributed by atoms with Gasteiger partial charge in [0, 0.05) is 12.2 Å². The summed E-state index contributed by atoms with van der Waals surface area (Å²) < 4.78 is 5.65. The first kappa shape index (κ1) is 11.4. The van der Waals surface area contributed by atoms with Crippen LogP contribution in [0, 0.1) is 5.41 Å². The fraction of sp³-hybridized carbons (Fsp3) is 0.500. The van der Waals surface area contributed by atoms with Crippen LogP contribution in [0.25, 0.3) is 11.1 Å². The number of nitrogen functional groups attached to an aromatic ring is 1. The largest absolute Gasteiger partial charge is 0.424 e. The van der Waals surface area contributed by atoms with Gasteiger partial charge in [0.25, 0.3) is 6.01 Å². The number of benzene rings is 1. The minimum Gasteiger partial charge on any atom is -0.424 e. The van der Waals surface area contributed by atoms with Crippen LogP contribution >= 0.6 is 0 Å². The van der Waals surface area contributed by atoms with Crippen molar-refractivity contribution < 1.29 is 4.42 Å². The van der Waals surface area contributed by atoms with E-state index in [1.807, 2.05) is 18.2 Å². The molecule has 3 rings (SSSR count). The second-order valence-electron chi connectivity index (χ2n) is 5.35. The van der Waals surface area contributed by atoms with E-state index in [0.717, 1.165) is 17.6 Å². The number of nitrogens with two attached hydrogens (primary N) is 1. The molecule has 1 aliphatic rings. The van der Waals surface area contributed by atoms with Crippen molar-refractivity contribution in [3.63, 3.8) is 0 Å². The summed E-state index contributed by atoms with van der Waals surface area (Å²) in [6.45, 7) is 3.20. The van der Waals surface area contributed by atoms with Gasteiger partial charge in [-0.25, -0.2) is 0 Å². The van der Waals surface area contributed by atoms with Crippen molar-refractivity contribution in [2.24, 2.45) is 5.41 Å². The van der Waals surface area contributed by atoms with E-state index in [1.165, 1.54) is 25.7 Å². The molecule has 4 heteroatoms. The van der Waals surface area contributed by atoms with Gasteiger partial charge in [0.15, 0.2) is 5.58 Å². The number of nitrogens with zero attached hydrogens (tertiary/aromatic N) is 1. The minimum atomic E-state index is 0.494. The van der Waals surface area contributed by atoms with E-state index >= 15 is 0 Å². The van der Waals surface area contributed by atoms with E-state index in [4.69, 9.17) is 10.2 Å². The Labute approximate surface area is 107 Å². The third-order valence-corrected chi connectivity index (χ3v) is 3.76. The molecule has 1 fully saturated rings. The molecule has 0 unspecified atom stereocenters. The Morgan fingerprint density at radius 1 is 1.44 bits per heavy atom. The minimum absolute atomic E-state index is 0.494. The molecule has 0 amide bonds. The number of nitrogens with one attached hydrogen (secondary N) is 1. The van der Waals surface area contributed by atoms with E-state index in [0.29, 0.717) is 17.1 Å². The van der Waals surface area contributed by atoms with E-state index in [-0.39, 0.29) is 0 Å². The summed E-state index contributed by atoms with van der Waals surface area (Å²) in [7, 11) is 0. The Bertz CT molecular complexity index is 557. The maximum atomic E-state index is 5.72. The predicted molar refractivity (Wildman–Crippen MR) is 73.5 cm³/mol. The van der Waals surface area contributed by atoms with Gasteiger partial charge in [0.1, 0.15) is 5.52 Å². The third kappa shape index (κ3) is 2.15. The van der Waals surface area contributed by atoms with Gasteiger partial charge in [-0.3, -0.25) is 0 Å². The predicted octanol–water partition coefficient (Wildman–Crippen LogP) is 3.40. The summed E-state index contributed by atoms with van der Waals surface area (Å²) in [5.74, 6) is 0. The van der Waals surface area contributed by atoms with Crippen LogP contribution in [0.1, 0.15) is 32.6 Å². The van der Waals surface area contributed by atoms with E-state index < -0.39 is 0 Å². The molecular formula is C14H19N3O. The van der Waals surface area contributed by atoms with Crippen LogP contribution in [0.2, 0.25) is 0 Å². The Balaban J connectivity index is 1.71. The molecule has 0 aliphatic heterocycles. The maximum absolute atomic E-state index is 5.72. The first-order chi connectivity index (χ1) is 8.71. The van der Waals surface area contributed by atoms with Gasteiger partial charge in [-0.2, -0.15) is 4.98 Å². The molecule has 18 heavy (non-hydrogen) atoms. The second-order valence-corrected chi connectivity index (χ2v) is 5.35. The lowest BCUT2D eigenvalue weighted by molar-refractivity contribution is 0.476. The average molecular weight is 245 g/mol. The number of oxazole rings is 1. The molecule has 1 heterocycles. The molecule has 96 valence electrons. The number of fused-ring (bicyclic) bond motifs is 1. The SMILES string of the molecule is CCCC1(CNc2nc3cc(N)ccc3o2)CC1. The van der Waals surface area contributed by atoms with Gasteiger partial charge >= 0.3 is 0 Å². The topological polar surface area (TPSA) is 64.1 Å². The van der Waals surface area contributed by atoms with Crippen LogP contribution in [0.15, 0.2) is 22.6 Å². The maximum Gasteiger partial charge on any atom is 0.295 e. The summed E-state index contributed by atoms with van der Waals surface area (Å²) in [6, 6.07) is 6.14. The molecule has 0 saturated heterocycles. The average Bonchev–Trinajstić information content (AvgIpc) is 2.99. The lowest BCUT2D eigenvalue weighted by Gasteiger charge is -2.13. The van der Waals surface area contributed by atoms with Crippen molar-refractivity contribution in [1.29, 1.82) is 0 Å². The highest BCUT2D eigenvalue weighted by Gasteiger charge is 2.41. The molecule has 1 aliphatic carbocycles. The normalized spacial score (nSPS) is 16.9. The standard InChI is InChI=1S/C14H19N3O/c1-2-5-14(6-7-14)9-16-13-17-11-8-10(15)3-4-12(11)18-13/h3-4,8H,2,5-7,9,15H2,1H3,(H,16,17). The first-order valence-electron chi connectivity index (χ1n) is 6.61. The van der Waals surface area contributed by atoms with Crippen LogP contribution < -0.4 is 11.1 Å². The molecule has 0 bridgehead atoms. The zero-order valence-corrected chi connectivity index (χ0v) is 10.7. The van der Waals surface area contributed by atoms with Gasteiger partial charge in [-0.05, 0) is 42.9 Å². The summed E-state index contributed by atoms with van der Waals surface area (Å²) in [5.41, 5.74) is 8.53. The van der Waals surface area contributed by atoms with Crippen LogP contribution in [0.3, 0.4) is 0 Å². The van der Waals surface area contributed by atoms with Gasteiger partial charge in [0.2, 0.25) is 0 Å². The van der Waals surface area contributed by atoms with Gasteiger partial charge in [0.05, 0.1) is 0 Å². The van der Waals surface area contributed by atoms with Crippen LogP contribution in [0.4, 0.5) is 11.7 Å². The molecule has 1 saturated carbocycles. The summed E-state index contributed by atoms with van der Waals surface area (Å²) >= 11 is 0. The number of anilines is 2. The van der Waals surface area contributed by atoms with Crippen molar-refractivity contribution in [1.82, 2.24) is 4.98 Å². The van der Waals surface area contributed by atoms with Crippen LogP contribution in [0.5, 0.6) is 0 Å². The lowest BCUT2D eigenvalue weighted by atomic mass is 10.0. The smallest absolute Gasteiger partial charge is 0.295 e. The van der Waals surface area contributed by atoms with Crippen LogP contribution in [-0.4, -0.2) is 11.5 Å². The zero-order valence-electron chi connectivity index (χ0n) is 10.7. The van der Waals surface area contributed by atoms with Crippen molar-refractivity contribution in [2.75, 3.05) is 17.6 Å². The molecule has 1 aromatic carbocycles. The highest BCUT2D eigenvalue weighted by molar-refractivity contribution is 5.78. The van der Waals surface area contributed by atoms with Gasteiger partial charge in [-0.15, -0.1) is 0 Å². The van der Waals surface area contributed by atoms with Crippen molar-refractivity contribution in [3.8, 4) is 0 Å². The number of rotatable bonds is 5. The molecule has 0 atom stereocenters. The number of aromatic nitrogens is 1. The highest BCUT2D eigenvalue weighted by atomic mass is 16.4. The van der Waals surface area contributed by atoms with Crippen molar-refractivity contribution >= 4 is 22.8 Å². The van der Waals surface area contributed by atoms with Crippen molar-refractivity contribution in [3.05, 3.63) is 18.2 Å². The monoisotopic (exact) mass is 245 g/mol. The Morgan fingerprint density at radius 3 is 3.00 bits per heavy atom. The molecule has 3 N–H and O–H groups in total. The molecule has 2 aromatic rings. The molecule has 4 nitrogen and oxygen atoms in total. The van der Waals surface area contributed by atoms with Gasteiger partial charge < -0.3 is 15.5 Å². The van der Waals surface area contributed by atoms with Crippen molar-refractivity contribution in [2.45, 2.75) is 32.6 Å². The van der Waals surface area contributed by atoms with E-state index in [2.05, 4.69) is 17.2 Å². The quantitative estimate of drug-likeness (QED) is 0.792. The number of hydrogen-bond donors (Lipinski definition) is 2. The summed E-state index contributed by atoms with van der Waals surface area (Å²) in [5, 5.41) is 3.32. The van der Waals surface area contributed by atoms with E-state index in [1.54, 1.807) is 0 Å². The Morgan fingerprint density at radius 2 is 2.28 bits per heavy atom. The van der Waals surface area contributed by atoms with E-state index in [9.17, 15) is 0 Å². The fourth-order valence-electron chi connectivity index (χ4n) is 2.51. The molecule has 1 aromatic heterocycles. The second kappa shape index (κ2) is 4.19. The van der Waals surface area contributed by atoms with Gasteiger partial charge in [-0.1, -0.05) is 13.3 Å². The molecule has 0 radical (unpaired) electrons. The number of hydrogen-bond acceptors (Lipinski definition) is 4. The first-order valence-corrected chi connectivity index (χ1v) is 6.61.